The summed E-state index contributed by atoms with van der Waals surface area (Å²) in [6.45, 7) is 4.28. The van der Waals surface area contributed by atoms with Gasteiger partial charge in [-0.25, -0.2) is 0 Å². The summed E-state index contributed by atoms with van der Waals surface area (Å²) in [7, 11) is 0. The number of benzene rings is 4. The van der Waals surface area contributed by atoms with Crippen molar-refractivity contribution < 1.29 is 14.4 Å². The van der Waals surface area contributed by atoms with Gasteiger partial charge < -0.3 is 10.6 Å². The predicted octanol–water partition coefficient (Wildman–Crippen LogP) is 7.12. The number of anilines is 1. The second-order valence-corrected chi connectivity index (χ2v) is 9.34. The van der Waals surface area contributed by atoms with E-state index in [4.69, 9.17) is 0 Å². The second kappa shape index (κ2) is 13.0. The number of hydrogen-bond donors (Lipinski definition) is 2. The summed E-state index contributed by atoms with van der Waals surface area (Å²) < 4.78 is 0. The van der Waals surface area contributed by atoms with E-state index in [1.807, 2.05) is 48.5 Å². The molecule has 0 saturated carbocycles. The van der Waals surface area contributed by atoms with Crippen molar-refractivity contribution in [2.24, 2.45) is 0 Å². The Morgan fingerprint density at radius 1 is 0.667 bits per heavy atom. The van der Waals surface area contributed by atoms with Crippen molar-refractivity contribution in [3.8, 4) is 0 Å². The second-order valence-electron chi connectivity index (χ2n) is 9.34. The van der Waals surface area contributed by atoms with E-state index in [1.165, 1.54) is 11.6 Å². The van der Waals surface area contributed by atoms with E-state index < -0.39 is 5.91 Å². The van der Waals surface area contributed by atoms with Gasteiger partial charge in [0.15, 0.2) is 5.78 Å². The summed E-state index contributed by atoms with van der Waals surface area (Å²) >= 11 is 0. The summed E-state index contributed by atoms with van der Waals surface area (Å²) in [5.74, 6) is -0.555. The molecule has 4 aromatic rings. The van der Waals surface area contributed by atoms with Crippen LogP contribution in [-0.2, 0) is 4.79 Å². The lowest BCUT2D eigenvalue weighted by Gasteiger charge is -2.12. The highest BCUT2D eigenvalue weighted by Crippen LogP contribution is 2.17. The minimum Gasteiger partial charge on any atom is -0.321 e. The number of hydrogen-bond acceptors (Lipinski definition) is 3. The van der Waals surface area contributed by atoms with Crippen LogP contribution >= 0.6 is 0 Å². The van der Waals surface area contributed by atoms with Gasteiger partial charge in [-0.15, -0.1) is 0 Å². The number of carbonyl (C=O) groups excluding carboxylic acids is 3. The van der Waals surface area contributed by atoms with Crippen molar-refractivity contribution in [2.45, 2.75) is 19.8 Å². The molecule has 39 heavy (non-hydrogen) atoms. The quantitative estimate of drug-likeness (QED) is 0.185. The monoisotopic (exact) mass is 514 g/mol. The number of ketones is 1. The highest BCUT2D eigenvalue weighted by molar-refractivity contribution is 6.11. The molecule has 4 rings (SSSR count). The molecular weight excluding hydrogens is 484 g/mol. The van der Waals surface area contributed by atoms with Gasteiger partial charge in [-0.1, -0.05) is 92.7 Å². The van der Waals surface area contributed by atoms with Gasteiger partial charge in [0.25, 0.3) is 11.8 Å². The molecular formula is C34H30N2O3. The molecule has 0 aliphatic heterocycles. The molecule has 0 aliphatic carbocycles. The number of nitrogens with one attached hydrogen (secondary N) is 2. The third kappa shape index (κ3) is 7.73. The van der Waals surface area contributed by atoms with E-state index in [0.717, 1.165) is 11.1 Å². The normalized spacial score (nSPS) is 11.4. The summed E-state index contributed by atoms with van der Waals surface area (Å²) in [6, 6.07) is 32.7. The Morgan fingerprint density at radius 3 is 1.90 bits per heavy atom. The van der Waals surface area contributed by atoms with Gasteiger partial charge in [-0.2, -0.15) is 0 Å². The third-order valence-electron chi connectivity index (χ3n) is 6.10. The Labute approximate surface area is 228 Å². The number of rotatable bonds is 9. The molecule has 5 nitrogen and oxygen atoms in total. The summed E-state index contributed by atoms with van der Waals surface area (Å²) in [5.41, 5.74) is 4.50. The summed E-state index contributed by atoms with van der Waals surface area (Å²) in [6.07, 6.45) is 4.95. The molecule has 0 spiro atoms. The Morgan fingerprint density at radius 2 is 1.28 bits per heavy atom. The van der Waals surface area contributed by atoms with Crippen LogP contribution in [-0.4, -0.2) is 17.6 Å². The van der Waals surface area contributed by atoms with Crippen LogP contribution in [0.3, 0.4) is 0 Å². The van der Waals surface area contributed by atoms with E-state index in [-0.39, 0.29) is 17.4 Å². The molecule has 0 aromatic heterocycles. The van der Waals surface area contributed by atoms with Crippen LogP contribution in [0.5, 0.6) is 0 Å². The molecule has 0 bridgehead atoms. The summed E-state index contributed by atoms with van der Waals surface area (Å²) in [5, 5.41) is 5.53. The lowest BCUT2D eigenvalue weighted by molar-refractivity contribution is -0.113. The van der Waals surface area contributed by atoms with E-state index in [1.54, 1.807) is 60.7 Å². The first kappa shape index (κ1) is 27.0. The molecule has 0 aliphatic rings. The molecule has 194 valence electrons. The first-order chi connectivity index (χ1) is 18.9. The van der Waals surface area contributed by atoms with Crippen molar-refractivity contribution in [2.75, 3.05) is 5.32 Å². The first-order valence-corrected chi connectivity index (χ1v) is 12.8. The van der Waals surface area contributed by atoms with Crippen LogP contribution in [0.4, 0.5) is 5.69 Å². The van der Waals surface area contributed by atoms with Crippen molar-refractivity contribution in [1.29, 1.82) is 0 Å². The Kier molecular flexibility index (Phi) is 8.99. The van der Waals surface area contributed by atoms with Crippen LogP contribution < -0.4 is 10.6 Å². The number of allylic oxidation sites excluding steroid dienone is 1. The fourth-order valence-electron chi connectivity index (χ4n) is 3.83. The van der Waals surface area contributed by atoms with Gasteiger partial charge in [-0.3, -0.25) is 14.4 Å². The van der Waals surface area contributed by atoms with Crippen molar-refractivity contribution >= 4 is 35.4 Å². The zero-order chi connectivity index (χ0) is 27.6. The van der Waals surface area contributed by atoms with Crippen LogP contribution in [0.15, 0.2) is 121 Å². The molecule has 2 amide bonds. The zero-order valence-electron chi connectivity index (χ0n) is 21.9. The maximum Gasteiger partial charge on any atom is 0.272 e. The van der Waals surface area contributed by atoms with Gasteiger partial charge in [-0.05, 0) is 71.2 Å². The highest BCUT2D eigenvalue weighted by atomic mass is 16.2. The molecule has 5 heteroatoms. The third-order valence-corrected chi connectivity index (χ3v) is 6.10. The van der Waals surface area contributed by atoms with Crippen LogP contribution in [0.2, 0.25) is 0 Å². The van der Waals surface area contributed by atoms with Gasteiger partial charge in [0.2, 0.25) is 0 Å². The van der Waals surface area contributed by atoms with E-state index >= 15 is 0 Å². The molecule has 0 heterocycles. The average molecular weight is 515 g/mol. The molecule has 0 atom stereocenters. The topological polar surface area (TPSA) is 75.3 Å². The van der Waals surface area contributed by atoms with Crippen LogP contribution in [0.1, 0.15) is 57.2 Å². The van der Waals surface area contributed by atoms with E-state index in [9.17, 15) is 14.4 Å². The Balaban J connectivity index is 1.45. The molecule has 0 unspecified atom stereocenters. The fraction of sp³-hybridized carbons (Fsp3) is 0.0882. The Hall–Kier alpha value is -5.03. The van der Waals surface area contributed by atoms with Crippen LogP contribution in [0, 0.1) is 0 Å². The van der Waals surface area contributed by atoms with Gasteiger partial charge in [0, 0.05) is 16.8 Å². The SMILES string of the molecule is CC(C)c1ccc(/C=C/C(=O)c2ccc(NC(=O)/C(=C/c3ccccc3)NC(=O)c3ccccc3)cc2)cc1. The molecule has 2 N–H and O–H groups in total. The van der Waals surface area contributed by atoms with Gasteiger partial charge in [0.05, 0.1) is 0 Å². The van der Waals surface area contributed by atoms with E-state index in [2.05, 4.69) is 36.6 Å². The molecule has 4 aromatic carbocycles. The standard InChI is InChI=1S/C34H30N2O3/c1-24(2)27-16-13-25(14-17-27)15-22-32(37)28-18-20-30(21-19-28)35-34(39)31(23-26-9-5-3-6-10-26)36-33(38)29-11-7-4-8-12-29/h3-24H,1-2H3,(H,35,39)(H,36,38)/b22-15+,31-23-. The number of carbonyl (C=O) groups is 3. The molecule has 0 saturated heterocycles. The van der Waals surface area contributed by atoms with Crippen molar-refractivity contribution in [1.82, 2.24) is 5.32 Å². The maximum atomic E-state index is 13.2. The van der Waals surface area contributed by atoms with Crippen molar-refractivity contribution in [3.63, 3.8) is 0 Å². The fourth-order valence-corrected chi connectivity index (χ4v) is 3.83. The van der Waals surface area contributed by atoms with Crippen molar-refractivity contribution in [3.05, 3.63) is 149 Å². The smallest absolute Gasteiger partial charge is 0.272 e. The van der Waals surface area contributed by atoms with Crippen LogP contribution in [0.25, 0.3) is 12.2 Å². The highest BCUT2D eigenvalue weighted by Gasteiger charge is 2.15. The van der Waals surface area contributed by atoms with Gasteiger partial charge in [0.1, 0.15) is 5.70 Å². The largest absolute Gasteiger partial charge is 0.321 e. The minimum absolute atomic E-state index is 0.0987. The predicted molar refractivity (Wildman–Crippen MR) is 157 cm³/mol. The molecule has 0 radical (unpaired) electrons. The zero-order valence-corrected chi connectivity index (χ0v) is 21.9. The first-order valence-electron chi connectivity index (χ1n) is 12.8. The lowest BCUT2D eigenvalue weighted by atomic mass is 10.0. The summed E-state index contributed by atoms with van der Waals surface area (Å²) in [4.78, 5) is 38.6. The maximum absolute atomic E-state index is 13.2. The van der Waals surface area contributed by atoms with Gasteiger partial charge >= 0.3 is 0 Å². The van der Waals surface area contributed by atoms with E-state index in [0.29, 0.717) is 22.7 Å². The average Bonchev–Trinajstić information content (AvgIpc) is 2.97. The lowest BCUT2D eigenvalue weighted by Crippen LogP contribution is -2.30. The number of amides is 2. The molecule has 0 fully saturated rings. The minimum atomic E-state index is -0.480. The Bertz CT molecular complexity index is 1490.